The van der Waals surface area contributed by atoms with Gasteiger partial charge in [-0.3, -0.25) is 14.4 Å². The highest BCUT2D eigenvalue weighted by Gasteiger charge is 2.20. The maximum atomic E-state index is 14.1. The van der Waals surface area contributed by atoms with Crippen LogP contribution in [0.15, 0.2) is 41.3 Å². The molecule has 1 heterocycles. The van der Waals surface area contributed by atoms with Gasteiger partial charge < -0.3 is 26.7 Å². The lowest BCUT2D eigenvalue weighted by atomic mass is 10.1. The van der Waals surface area contributed by atoms with Gasteiger partial charge in [0, 0.05) is 36.0 Å². The van der Waals surface area contributed by atoms with Gasteiger partial charge in [-0.15, -0.1) is 0 Å². The van der Waals surface area contributed by atoms with Crippen LogP contribution in [0.3, 0.4) is 0 Å². The Hall–Kier alpha value is -3.76. The standard InChI is InChI=1S/C17H17F2N5O4/c18-10-1-2-11(12(19)6-10)13(24-15(26)8-23-17(20)28)7-22-16(27)9-3-4-21-14(25)5-9/h1-6,13H,7-8H2,(H,21,25)(H,22,27)(H,24,26)(H3,20,23,28). The molecule has 0 saturated carbocycles. The van der Waals surface area contributed by atoms with Crippen molar-refractivity contribution in [2.24, 2.45) is 5.73 Å². The van der Waals surface area contributed by atoms with E-state index in [0.29, 0.717) is 6.07 Å². The fourth-order valence-electron chi connectivity index (χ4n) is 2.32. The van der Waals surface area contributed by atoms with Crippen molar-refractivity contribution in [2.75, 3.05) is 13.1 Å². The summed E-state index contributed by atoms with van der Waals surface area (Å²) in [5.41, 5.74) is 4.37. The van der Waals surface area contributed by atoms with Gasteiger partial charge >= 0.3 is 6.03 Å². The number of nitrogens with two attached hydrogens (primary N) is 1. The number of pyridine rings is 1. The van der Waals surface area contributed by atoms with Crippen molar-refractivity contribution in [1.82, 2.24) is 20.9 Å². The summed E-state index contributed by atoms with van der Waals surface area (Å²) in [7, 11) is 0. The maximum Gasteiger partial charge on any atom is 0.312 e. The summed E-state index contributed by atoms with van der Waals surface area (Å²) in [5.74, 6) is -3.09. The highest BCUT2D eigenvalue weighted by atomic mass is 19.1. The molecular formula is C17H17F2N5O4. The lowest BCUT2D eigenvalue weighted by molar-refractivity contribution is -0.120. The second-order valence-corrected chi connectivity index (χ2v) is 5.66. The zero-order chi connectivity index (χ0) is 20.7. The monoisotopic (exact) mass is 393 g/mol. The molecule has 0 aliphatic heterocycles. The predicted octanol–water partition coefficient (Wildman–Crippen LogP) is -0.0913. The second-order valence-electron chi connectivity index (χ2n) is 5.66. The smallest absolute Gasteiger partial charge is 0.312 e. The highest BCUT2D eigenvalue weighted by molar-refractivity contribution is 5.94. The number of nitrogens with one attached hydrogen (secondary N) is 4. The first kappa shape index (κ1) is 20.6. The number of aromatic nitrogens is 1. The summed E-state index contributed by atoms with van der Waals surface area (Å²) in [6.45, 7) is -0.743. The normalized spacial score (nSPS) is 11.4. The van der Waals surface area contributed by atoms with Gasteiger partial charge in [-0.05, 0) is 12.1 Å². The largest absolute Gasteiger partial charge is 0.352 e. The van der Waals surface area contributed by atoms with Crippen molar-refractivity contribution >= 4 is 17.8 Å². The number of urea groups is 1. The molecule has 1 unspecified atom stereocenters. The molecule has 2 aromatic rings. The van der Waals surface area contributed by atoms with Crippen molar-refractivity contribution in [3.8, 4) is 0 Å². The Kier molecular flexibility index (Phi) is 6.79. The Balaban J connectivity index is 2.15. The van der Waals surface area contributed by atoms with E-state index in [4.69, 9.17) is 5.73 Å². The minimum absolute atomic E-state index is 0.0591. The van der Waals surface area contributed by atoms with Crippen molar-refractivity contribution in [1.29, 1.82) is 0 Å². The number of benzene rings is 1. The molecule has 9 nitrogen and oxygen atoms in total. The highest BCUT2D eigenvalue weighted by Crippen LogP contribution is 2.18. The Morgan fingerprint density at radius 3 is 2.50 bits per heavy atom. The summed E-state index contributed by atoms with van der Waals surface area (Å²) >= 11 is 0. The number of H-pyrrole nitrogens is 1. The zero-order valence-corrected chi connectivity index (χ0v) is 14.4. The summed E-state index contributed by atoms with van der Waals surface area (Å²) in [5, 5.41) is 6.94. The molecule has 0 bridgehead atoms. The van der Waals surface area contributed by atoms with E-state index < -0.39 is 47.6 Å². The molecule has 148 valence electrons. The molecule has 0 fully saturated rings. The maximum absolute atomic E-state index is 14.1. The SMILES string of the molecule is NC(=O)NCC(=O)NC(CNC(=O)c1cc[nH]c(=O)c1)c1ccc(F)cc1F. The molecule has 11 heteroatoms. The van der Waals surface area contributed by atoms with Crippen molar-refractivity contribution in [2.45, 2.75) is 6.04 Å². The number of primary amides is 1. The fourth-order valence-corrected chi connectivity index (χ4v) is 2.32. The Labute approximate surface area is 157 Å². The molecule has 6 N–H and O–H groups in total. The topological polar surface area (TPSA) is 146 Å². The summed E-state index contributed by atoms with van der Waals surface area (Å²) in [6.07, 6.45) is 1.28. The van der Waals surface area contributed by atoms with Crippen LogP contribution in [0.2, 0.25) is 0 Å². The molecule has 1 aromatic carbocycles. The number of aromatic amines is 1. The van der Waals surface area contributed by atoms with Gasteiger partial charge in [-0.25, -0.2) is 13.6 Å². The molecule has 0 spiro atoms. The van der Waals surface area contributed by atoms with E-state index in [0.717, 1.165) is 18.2 Å². The van der Waals surface area contributed by atoms with Gasteiger partial charge in [0.15, 0.2) is 0 Å². The second kappa shape index (κ2) is 9.26. The van der Waals surface area contributed by atoms with E-state index in [2.05, 4.69) is 20.9 Å². The van der Waals surface area contributed by atoms with E-state index in [1.807, 2.05) is 0 Å². The van der Waals surface area contributed by atoms with E-state index in [-0.39, 0.29) is 17.7 Å². The first-order valence-corrected chi connectivity index (χ1v) is 8.01. The van der Waals surface area contributed by atoms with Crippen LogP contribution >= 0.6 is 0 Å². The van der Waals surface area contributed by atoms with Crippen LogP contribution in [-0.4, -0.2) is 35.9 Å². The van der Waals surface area contributed by atoms with Crippen LogP contribution in [0.4, 0.5) is 13.6 Å². The van der Waals surface area contributed by atoms with Gasteiger partial charge in [0.1, 0.15) is 11.6 Å². The van der Waals surface area contributed by atoms with Crippen LogP contribution in [0, 0.1) is 11.6 Å². The van der Waals surface area contributed by atoms with E-state index >= 15 is 0 Å². The molecule has 1 aromatic heterocycles. The number of carbonyl (C=O) groups is 3. The van der Waals surface area contributed by atoms with Gasteiger partial charge in [0.05, 0.1) is 12.6 Å². The van der Waals surface area contributed by atoms with Crippen LogP contribution < -0.4 is 27.2 Å². The lowest BCUT2D eigenvalue weighted by Crippen LogP contribution is -2.44. The fraction of sp³-hybridized carbons (Fsp3) is 0.176. The molecule has 0 aliphatic rings. The molecule has 0 saturated heterocycles. The minimum Gasteiger partial charge on any atom is -0.352 e. The number of halogens is 2. The van der Waals surface area contributed by atoms with Crippen LogP contribution in [0.25, 0.3) is 0 Å². The Morgan fingerprint density at radius 2 is 1.86 bits per heavy atom. The number of amides is 4. The van der Waals surface area contributed by atoms with Crippen molar-refractivity contribution in [3.63, 3.8) is 0 Å². The Bertz CT molecular complexity index is 947. The third-order valence-corrected chi connectivity index (χ3v) is 3.60. The summed E-state index contributed by atoms with van der Waals surface area (Å²) < 4.78 is 27.3. The van der Waals surface area contributed by atoms with Gasteiger partial charge in [0.2, 0.25) is 11.5 Å². The number of carbonyl (C=O) groups excluding carboxylic acids is 3. The summed E-state index contributed by atoms with van der Waals surface area (Å²) in [6, 6.07) is 3.18. The minimum atomic E-state index is -1.08. The molecule has 0 radical (unpaired) electrons. The molecule has 4 amide bonds. The Morgan fingerprint density at radius 1 is 1.11 bits per heavy atom. The van der Waals surface area contributed by atoms with E-state index in [1.165, 1.54) is 12.3 Å². The van der Waals surface area contributed by atoms with Crippen molar-refractivity contribution in [3.05, 3.63) is 69.6 Å². The molecule has 1 atom stereocenters. The average Bonchev–Trinajstić information content (AvgIpc) is 2.63. The molecule has 0 aliphatic carbocycles. The zero-order valence-electron chi connectivity index (χ0n) is 14.4. The van der Waals surface area contributed by atoms with Gasteiger partial charge in [0.25, 0.3) is 5.91 Å². The van der Waals surface area contributed by atoms with Gasteiger partial charge in [-0.2, -0.15) is 0 Å². The van der Waals surface area contributed by atoms with Crippen LogP contribution in [0.5, 0.6) is 0 Å². The molecule has 28 heavy (non-hydrogen) atoms. The number of hydrogen-bond donors (Lipinski definition) is 5. The van der Waals surface area contributed by atoms with E-state index in [9.17, 15) is 28.0 Å². The van der Waals surface area contributed by atoms with Crippen LogP contribution in [0.1, 0.15) is 22.0 Å². The number of rotatable bonds is 7. The third kappa shape index (κ3) is 5.90. The summed E-state index contributed by atoms with van der Waals surface area (Å²) in [4.78, 5) is 48.4. The van der Waals surface area contributed by atoms with Crippen molar-refractivity contribution < 1.29 is 23.2 Å². The van der Waals surface area contributed by atoms with E-state index in [1.54, 1.807) is 0 Å². The predicted molar refractivity (Wildman–Crippen MR) is 94.2 cm³/mol. The molecule has 2 rings (SSSR count). The first-order valence-electron chi connectivity index (χ1n) is 8.01. The quantitative estimate of drug-likeness (QED) is 0.447. The average molecular weight is 393 g/mol. The van der Waals surface area contributed by atoms with Crippen LogP contribution in [-0.2, 0) is 4.79 Å². The first-order chi connectivity index (χ1) is 13.3. The number of hydrogen-bond acceptors (Lipinski definition) is 4. The third-order valence-electron chi connectivity index (χ3n) is 3.60. The molecular weight excluding hydrogens is 376 g/mol. The lowest BCUT2D eigenvalue weighted by Gasteiger charge is -2.20. The van der Waals surface area contributed by atoms with Gasteiger partial charge in [-0.1, -0.05) is 6.07 Å².